The molecule has 2 aliphatic rings. The number of benzene rings is 1. The van der Waals surface area contributed by atoms with Crippen molar-refractivity contribution in [1.29, 1.82) is 0 Å². The minimum absolute atomic E-state index is 0.164. The van der Waals surface area contributed by atoms with Gasteiger partial charge in [0.15, 0.2) is 6.61 Å². The van der Waals surface area contributed by atoms with E-state index in [0.717, 1.165) is 34.6 Å². The van der Waals surface area contributed by atoms with Crippen LogP contribution in [0.4, 0.5) is 0 Å². The molecule has 1 aromatic heterocycles. The molecule has 1 aromatic carbocycles. The van der Waals surface area contributed by atoms with Crippen LogP contribution in [0.1, 0.15) is 48.3 Å². The van der Waals surface area contributed by atoms with Crippen LogP contribution in [0.2, 0.25) is 0 Å². The summed E-state index contributed by atoms with van der Waals surface area (Å²) in [6.07, 6.45) is 3.32. The van der Waals surface area contributed by atoms with Crippen LogP contribution in [-0.4, -0.2) is 24.5 Å². The van der Waals surface area contributed by atoms with Crippen LogP contribution in [0, 0.1) is 11.8 Å². The van der Waals surface area contributed by atoms with E-state index in [2.05, 4.69) is 19.2 Å². The maximum atomic E-state index is 12.5. The van der Waals surface area contributed by atoms with Crippen molar-refractivity contribution in [2.24, 2.45) is 11.8 Å². The van der Waals surface area contributed by atoms with E-state index in [1.807, 2.05) is 24.3 Å². The molecule has 1 saturated carbocycles. The lowest BCUT2D eigenvalue weighted by molar-refractivity contribution is -0.125. The topological polar surface area (TPSA) is 64.6 Å². The molecule has 3 atom stereocenters. The smallest absolute Gasteiger partial charge is 0.348 e. The van der Waals surface area contributed by atoms with Crippen LogP contribution in [0.15, 0.2) is 30.3 Å². The Morgan fingerprint density at radius 1 is 1.25 bits per heavy atom. The fourth-order valence-corrected chi connectivity index (χ4v) is 5.13. The summed E-state index contributed by atoms with van der Waals surface area (Å²) >= 11 is 1.39. The van der Waals surface area contributed by atoms with E-state index >= 15 is 0 Å². The Morgan fingerprint density at radius 2 is 2.07 bits per heavy atom. The SMILES string of the molecule is C[C@@H]1[C@H](C)CCC[C@@H]1NC(=O)COC(=O)c1cc2c(s1)-c1ccccc1OC2. The van der Waals surface area contributed by atoms with Crippen LogP contribution >= 0.6 is 11.3 Å². The highest BCUT2D eigenvalue weighted by atomic mass is 32.1. The van der Waals surface area contributed by atoms with E-state index in [1.165, 1.54) is 17.8 Å². The molecular weight excluding hydrogens is 374 g/mol. The number of ether oxygens (including phenoxy) is 2. The third kappa shape index (κ3) is 3.78. The van der Waals surface area contributed by atoms with E-state index < -0.39 is 5.97 Å². The first-order valence-corrected chi connectivity index (χ1v) is 10.7. The van der Waals surface area contributed by atoms with Gasteiger partial charge in [-0.05, 0) is 36.5 Å². The average Bonchev–Trinajstić information content (AvgIpc) is 3.15. The molecule has 1 aliphatic heterocycles. The number of carbonyl (C=O) groups excluding carboxylic acids is 2. The van der Waals surface area contributed by atoms with Crippen molar-refractivity contribution in [2.45, 2.75) is 45.8 Å². The predicted octanol–water partition coefficient (Wildman–Crippen LogP) is 4.41. The van der Waals surface area contributed by atoms with E-state index in [-0.39, 0.29) is 18.6 Å². The van der Waals surface area contributed by atoms with Gasteiger partial charge in [-0.3, -0.25) is 4.79 Å². The highest BCUT2D eigenvalue weighted by Crippen LogP contribution is 2.42. The lowest BCUT2D eigenvalue weighted by atomic mass is 9.78. The molecule has 4 rings (SSSR count). The fraction of sp³-hybridized carbons (Fsp3) is 0.455. The summed E-state index contributed by atoms with van der Waals surface area (Å²) in [6.45, 7) is 4.60. The molecule has 5 nitrogen and oxygen atoms in total. The van der Waals surface area contributed by atoms with Crippen LogP contribution in [0.3, 0.4) is 0 Å². The minimum Gasteiger partial charge on any atom is -0.488 e. The van der Waals surface area contributed by atoms with Crippen LogP contribution in [0.5, 0.6) is 5.75 Å². The van der Waals surface area contributed by atoms with Gasteiger partial charge in [-0.2, -0.15) is 0 Å². The summed E-state index contributed by atoms with van der Waals surface area (Å²) in [7, 11) is 0. The summed E-state index contributed by atoms with van der Waals surface area (Å²) in [5, 5.41) is 3.04. The summed E-state index contributed by atoms with van der Waals surface area (Å²) in [6, 6.07) is 9.76. The van der Waals surface area contributed by atoms with E-state index in [0.29, 0.717) is 23.3 Å². The first-order valence-electron chi connectivity index (χ1n) is 9.84. The predicted molar refractivity (Wildman–Crippen MR) is 108 cm³/mol. The number of para-hydroxylation sites is 1. The zero-order valence-electron chi connectivity index (χ0n) is 16.2. The Balaban J connectivity index is 1.36. The molecule has 1 amide bonds. The Hall–Kier alpha value is -2.34. The van der Waals surface area contributed by atoms with Gasteiger partial charge in [0.05, 0.1) is 0 Å². The maximum Gasteiger partial charge on any atom is 0.348 e. The molecule has 1 aliphatic carbocycles. The largest absolute Gasteiger partial charge is 0.488 e. The van der Waals surface area contributed by atoms with Gasteiger partial charge in [-0.25, -0.2) is 4.79 Å². The van der Waals surface area contributed by atoms with Gasteiger partial charge < -0.3 is 14.8 Å². The van der Waals surface area contributed by atoms with Crippen molar-refractivity contribution >= 4 is 23.2 Å². The second kappa shape index (κ2) is 7.95. The number of carbonyl (C=O) groups is 2. The summed E-state index contributed by atoms with van der Waals surface area (Å²) in [5.41, 5.74) is 1.97. The van der Waals surface area contributed by atoms with Crippen molar-refractivity contribution in [1.82, 2.24) is 5.32 Å². The molecule has 2 heterocycles. The average molecular weight is 400 g/mol. The molecule has 0 spiro atoms. The molecule has 148 valence electrons. The molecule has 28 heavy (non-hydrogen) atoms. The van der Waals surface area contributed by atoms with Crippen LogP contribution in [0.25, 0.3) is 10.4 Å². The van der Waals surface area contributed by atoms with Crippen molar-refractivity contribution in [3.63, 3.8) is 0 Å². The number of hydrogen-bond acceptors (Lipinski definition) is 5. The van der Waals surface area contributed by atoms with Crippen molar-refractivity contribution in [2.75, 3.05) is 6.61 Å². The normalized spacial score (nSPS) is 23.1. The van der Waals surface area contributed by atoms with Gasteiger partial charge in [0.2, 0.25) is 0 Å². The Bertz CT molecular complexity index is 890. The lowest BCUT2D eigenvalue weighted by Gasteiger charge is -2.34. The quantitative estimate of drug-likeness (QED) is 0.774. The van der Waals surface area contributed by atoms with E-state index in [9.17, 15) is 9.59 Å². The number of amides is 1. The third-order valence-electron chi connectivity index (χ3n) is 5.91. The number of esters is 1. The lowest BCUT2D eigenvalue weighted by Crippen LogP contribution is -2.45. The van der Waals surface area contributed by atoms with Crippen LogP contribution in [-0.2, 0) is 16.1 Å². The van der Waals surface area contributed by atoms with Crippen molar-refractivity contribution in [3.8, 4) is 16.2 Å². The van der Waals surface area contributed by atoms with E-state index in [4.69, 9.17) is 9.47 Å². The second-order valence-corrected chi connectivity index (χ2v) is 8.82. The second-order valence-electron chi connectivity index (χ2n) is 7.77. The van der Waals surface area contributed by atoms with Gasteiger partial charge in [0, 0.05) is 22.0 Å². The van der Waals surface area contributed by atoms with Crippen molar-refractivity contribution < 1.29 is 19.1 Å². The van der Waals surface area contributed by atoms with Gasteiger partial charge in [0.25, 0.3) is 5.91 Å². The first-order chi connectivity index (χ1) is 13.5. The molecule has 2 aromatic rings. The molecule has 6 heteroatoms. The molecular formula is C22H25NO4S. The van der Waals surface area contributed by atoms with Gasteiger partial charge in [-0.1, -0.05) is 38.8 Å². The summed E-state index contributed by atoms with van der Waals surface area (Å²) < 4.78 is 11.0. The summed E-state index contributed by atoms with van der Waals surface area (Å²) in [4.78, 5) is 26.2. The van der Waals surface area contributed by atoms with Gasteiger partial charge in [-0.15, -0.1) is 11.3 Å². The first kappa shape index (κ1) is 19.0. The number of fused-ring (bicyclic) bond motifs is 3. The molecule has 1 N–H and O–H groups in total. The minimum atomic E-state index is -0.461. The molecule has 0 bridgehead atoms. The molecule has 0 saturated heterocycles. The Morgan fingerprint density at radius 3 is 2.93 bits per heavy atom. The Labute approximate surface area is 169 Å². The Kier molecular flexibility index (Phi) is 5.40. The zero-order valence-corrected chi connectivity index (χ0v) is 17.0. The number of thiophene rings is 1. The van der Waals surface area contributed by atoms with Gasteiger partial charge >= 0.3 is 5.97 Å². The highest BCUT2D eigenvalue weighted by molar-refractivity contribution is 7.17. The monoisotopic (exact) mass is 399 g/mol. The van der Waals surface area contributed by atoms with E-state index in [1.54, 1.807) is 6.07 Å². The molecule has 1 fully saturated rings. The van der Waals surface area contributed by atoms with Gasteiger partial charge in [0.1, 0.15) is 17.2 Å². The number of nitrogens with one attached hydrogen (secondary N) is 1. The summed E-state index contributed by atoms with van der Waals surface area (Å²) in [5.74, 6) is 1.18. The fourth-order valence-electron chi connectivity index (χ4n) is 4.04. The molecule has 0 radical (unpaired) electrons. The van der Waals surface area contributed by atoms with Crippen molar-refractivity contribution in [3.05, 3.63) is 40.8 Å². The number of hydrogen-bond donors (Lipinski definition) is 1. The van der Waals surface area contributed by atoms with Crippen LogP contribution < -0.4 is 10.1 Å². The standard InChI is InChI=1S/C22H25NO4S/c1-13-6-5-8-17(14(13)2)23-20(24)12-27-22(25)19-10-15-11-26-18-9-4-3-7-16(18)21(15)28-19/h3-4,7,9-10,13-14,17H,5-6,8,11-12H2,1-2H3,(H,23,24)/t13-,14-,17+/m1/s1. The zero-order chi connectivity index (χ0) is 19.7. The highest BCUT2D eigenvalue weighted by Gasteiger charge is 2.28. The third-order valence-corrected chi connectivity index (χ3v) is 7.10. The maximum absolute atomic E-state index is 12.5. The molecule has 0 unspecified atom stereocenters. The number of rotatable bonds is 4.